The van der Waals surface area contributed by atoms with E-state index in [-0.39, 0.29) is 11.8 Å². The van der Waals surface area contributed by atoms with Crippen LogP contribution in [-0.2, 0) is 0 Å². The molecule has 2 aromatic rings. The number of aromatic nitrogens is 2. The minimum Gasteiger partial charge on any atom is -0.339 e. The smallest absolute Gasteiger partial charge is 0.263 e. The van der Waals surface area contributed by atoms with Gasteiger partial charge in [-0.25, -0.2) is 4.98 Å². The summed E-state index contributed by atoms with van der Waals surface area (Å²) >= 11 is 0. The quantitative estimate of drug-likeness (QED) is 0.856. The van der Waals surface area contributed by atoms with Gasteiger partial charge in [0.15, 0.2) is 0 Å². The Labute approximate surface area is 129 Å². The van der Waals surface area contributed by atoms with Gasteiger partial charge in [0.25, 0.3) is 11.8 Å². The number of nitrogens with zero attached hydrogens (tertiary/aromatic N) is 3. The van der Waals surface area contributed by atoms with E-state index < -0.39 is 0 Å². The molecule has 0 N–H and O–H groups in total. The van der Waals surface area contributed by atoms with E-state index in [0.717, 1.165) is 25.9 Å². The van der Waals surface area contributed by atoms with Crippen molar-refractivity contribution in [1.82, 2.24) is 14.5 Å². The Kier molecular flexibility index (Phi) is 4.32. The third-order valence-electron chi connectivity index (χ3n) is 4.01. The molecule has 1 amide bonds. The van der Waals surface area contributed by atoms with Crippen LogP contribution in [-0.4, -0.2) is 39.4 Å². The third-order valence-corrected chi connectivity index (χ3v) is 4.01. The van der Waals surface area contributed by atoms with Crippen molar-refractivity contribution in [3.8, 4) is 0 Å². The highest BCUT2D eigenvalue weighted by Gasteiger charge is 2.17. The molecule has 0 unspecified atom stereocenters. The van der Waals surface area contributed by atoms with E-state index in [1.807, 2.05) is 4.90 Å². The summed E-state index contributed by atoms with van der Waals surface area (Å²) in [7, 11) is 0. The molecule has 2 heterocycles. The first kappa shape index (κ1) is 14.5. The van der Waals surface area contributed by atoms with Crippen LogP contribution in [0.4, 0.5) is 0 Å². The van der Waals surface area contributed by atoms with Crippen molar-refractivity contribution in [2.75, 3.05) is 13.1 Å². The molecule has 0 radical (unpaired) electrons. The molecule has 0 spiro atoms. The highest BCUT2D eigenvalue weighted by atomic mass is 16.2. The Bertz CT molecular complexity index is 639. The number of likely N-dealkylation sites (tertiary alicyclic amines) is 1. The molecule has 0 atom stereocenters. The summed E-state index contributed by atoms with van der Waals surface area (Å²) in [4.78, 5) is 30.4. The second-order valence-corrected chi connectivity index (χ2v) is 5.56. The lowest BCUT2D eigenvalue weighted by molar-refractivity contribution is 0.0761. The van der Waals surface area contributed by atoms with Gasteiger partial charge in [-0.2, -0.15) is 0 Å². The molecule has 1 aliphatic rings. The van der Waals surface area contributed by atoms with Gasteiger partial charge in [-0.05, 0) is 37.1 Å². The largest absolute Gasteiger partial charge is 0.339 e. The molecule has 1 aromatic carbocycles. The lowest BCUT2D eigenvalue weighted by Crippen LogP contribution is -2.31. The molecule has 114 valence electrons. The monoisotopic (exact) mass is 297 g/mol. The van der Waals surface area contributed by atoms with Gasteiger partial charge in [0.1, 0.15) is 6.33 Å². The molecule has 1 fully saturated rings. The number of benzene rings is 1. The molecular weight excluding hydrogens is 278 g/mol. The summed E-state index contributed by atoms with van der Waals surface area (Å²) in [6.07, 6.45) is 9.18. The molecular formula is C17H19N3O2. The molecule has 0 saturated carbocycles. The standard InChI is InChI=1S/C17H19N3O2/c21-16(19-10-3-1-2-4-11-19)14-5-7-15(8-6-14)17(22)20-12-9-18-13-20/h5-9,12-13H,1-4,10-11H2. The van der Waals surface area contributed by atoms with Crippen LogP contribution in [0.15, 0.2) is 43.0 Å². The highest BCUT2D eigenvalue weighted by molar-refractivity contribution is 5.98. The number of amides is 1. The van der Waals surface area contributed by atoms with E-state index in [4.69, 9.17) is 0 Å². The summed E-state index contributed by atoms with van der Waals surface area (Å²) in [6, 6.07) is 6.87. The second kappa shape index (κ2) is 6.56. The highest BCUT2D eigenvalue weighted by Crippen LogP contribution is 2.14. The molecule has 1 aliphatic heterocycles. The number of carbonyl (C=O) groups is 2. The van der Waals surface area contributed by atoms with Crippen molar-refractivity contribution >= 4 is 11.8 Å². The number of carbonyl (C=O) groups excluding carboxylic acids is 2. The zero-order chi connectivity index (χ0) is 15.4. The van der Waals surface area contributed by atoms with Crippen LogP contribution in [0, 0.1) is 0 Å². The number of hydrogen-bond donors (Lipinski definition) is 0. The maximum Gasteiger partial charge on any atom is 0.263 e. The Morgan fingerprint density at radius 2 is 1.45 bits per heavy atom. The van der Waals surface area contributed by atoms with E-state index in [1.54, 1.807) is 36.7 Å². The first-order valence-corrected chi connectivity index (χ1v) is 7.68. The molecule has 1 aromatic heterocycles. The normalized spacial score (nSPS) is 15.4. The maximum absolute atomic E-state index is 12.5. The van der Waals surface area contributed by atoms with E-state index in [1.165, 1.54) is 23.7 Å². The average Bonchev–Trinajstić information content (AvgIpc) is 2.96. The van der Waals surface area contributed by atoms with Crippen molar-refractivity contribution < 1.29 is 9.59 Å². The van der Waals surface area contributed by atoms with E-state index in [2.05, 4.69) is 4.98 Å². The first-order chi connectivity index (χ1) is 10.8. The molecule has 5 heteroatoms. The number of hydrogen-bond acceptors (Lipinski definition) is 3. The zero-order valence-corrected chi connectivity index (χ0v) is 12.4. The van der Waals surface area contributed by atoms with Crippen LogP contribution in [0.1, 0.15) is 46.4 Å². The topological polar surface area (TPSA) is 55.2 Å². The average molecular weight is 297 g/mol. The molecule has 1 saturated heterocycles. The minimum atomic E-state index is -0.147. The summed E-state index contributed by atoms with van der Waals surface area (Å²) in [5.41, 5.74) is 1.19. The van der Waals surface area contributed by atoms with Crippen LogP contribution in [0.3, 0.4) is 0 Å². The lowest BCUT2D eigenvalue weighted by Gasteiger charge is -2.20. The second-order valence-electron chi connectivity index (χ2n) is 5.56. The van der Waals surface area contributed by atoms with Gasteiger partial charge in [0.2, 0.25) is 0 Å². The number of imidazole rings is 1. The van der Waals surface area contributed by atoms with Crippen molar-refractivity contribution in [3.63, 3.8) is 0 Å². The number of rotatable bonds is 2. The Hall–Kier alpha value is -2.43. The van der Waals surface area contributed by atoms with Gasteiger partial charge < -0.3 is 4.90 Å². The van der Waals surface area contributed by atoms with E-state index in [0.29, 0.717) is 11.1 Å². The summed E-state index contributed by atoms with van der Waals surface area (Å²) in [5.74, 6) is -0.0881. The summed E-state index contributed by atoms with van der Waals surface area (Å²) in [6.45, 7) is 1.66. The van der Waals surface area contributed by atoms with Crippen LogP contribution in [0.2, 0.25) is 0 Å². The van der Waals surface area contributed by atoms with Gasteiger partial charge in [-0.15, -0.1) is 0 Å². The summed E-state index contributed by atoms with van der Waals surface area (Å²) in [5, 5.41) is 0. The first-order valence-electron chi connectivity index (χ1n) is 7.68. The van der Waals surface area contributed by atoms with Crippen molar-refractivity contribution in [2.24, 2.45) is 0 Å². The predicted molar refractivity (Wildman–Crippen MR) is 82.8 cm³/mol. The maximum atomic E-state index is 12.5. The van der Waals surface area contributed by atoms with Crippen molar-refractivity contribution in [1.29, 1.82) is 0 Å². The molecule has 5 nitrogen and oxygen atoms in total. The fourth-order valence-corrected chi connectivity index (χ4v) is 2.74. The van der Waals surface area contributed by atoms with Crippen LogP contribution < -0.4 is 0 Å². The Morgan fingerprint density at radius 3 is 2.00 bits per heavy atom. The molecule has 0 bridgehead atoms. The van der Waals surface area contributed by atoms with E-state index >= 15 is 0 Å². The van der Waals surface area contributed by atoms with Gasteiger partial charge in [-0.1, -0.05) is 12.8 Å². The SMILES string of the molecule is O=C(c1ccc(C(=O)n2ccnc2)cc1)N1CCCCCC1. The molecule has 3 rings (SSSR count). The Balaban J connectivity index is 1.73. The third kappa shape index (κ3) is 3.08. The molecule has 0 aliphatic carbocycles. The van der Waals surface area contributed by atoms with Gasteiger partial charge in [-0.3, -0.25) is 14.2 Å². The van der Waals surface area contributed by atoms with Gasteiger partial charge in [0.05, 0.1) is 0 Å². The lowest BCUT2D eigenvalue weighted by atomic mass is 10.1. The zero-order valence-electron chi connectivity index (χ0n) is 12.4. The van der Waals surface area contributed by atoms with Crippen LogP contribution in [0.25, 0.3) is 0 Å². The van der Waals surface area contributed by atoms with Crippen LogP contribution >= 0.6 is 0 Å². The Morgan fingerprint density at radius 1 is 0.864 bits per heavy atom. The van der Waals surface area contributed by atoms with Gasteiger partial charge >= 0.3 is 0 Å². The minimum absolute atomic E-state index is 0.0588. The fraction of sp³-hybridized carbons (Fsp3) is 0.353. The van der Waals surface area contributed by atoms with Gasteiger partial charge in [0, 0.05) is 36.6 Å². The summed E-state index contributed by atoms with van der Waals surface area (Å²) < 4.78 is 1.42. The van der Waals surface area contributed by atoms with Crippen LogP contribution in [0.5, 0.6) is 0 Å². The predicted octanol–water partition coefficient (Wildman–Crippen LogP) is 2.59. The van der Waals surface area contributed by atoms with Crippen molar-refractivity contribution in [3.05, 3.63) is 54.1 Å². The molecule has 22 heavy (non-hydrogen) atoms. The fourth-order valence-electron chi connectivity index (χ4n) is 2.74. The van der Waals surface area contributed by atoms with E-state index in [9.17, 15) is 9.59 Å². The van der Waals surface area contributed by atoms with Crippen molar-refractivity contribution in [2.45, 2.75) is 25.7 Å².